The highest BCUT2D eigenvalue weighted by Crippen LogP contribution is 2.22. The van der Waals surface area contributed by atoms with Crippen LogP contribution in [0.4, 0.5) is 5.82 Å². The molecule has 0 aromatic carbocycles. The summed E-state index contributed by atoms with van der Waals surface area (Å²) >= 11 is 0. The Labute approximate surface area is 144 Å². The van der Waals surface area contributed by atoms with Gasteiger partial charge in [0.2, 0.25) is 0 Å². The lowest BCUT2D eigenvalue weighted by Crippen LogP contribution is -2.58. The van der Waals surface area contributed by atoms with Gasteiger partial charge in [-0.25, -0.2) is 4.68 Å². The summed E-state index contributed by atoms with van der Waals surface area (Å²) in [6.07, 6.45) is 0. The van der Waals surface area contributed by atoms with Gasteiger partial charge in [-0.2, -0.15) is 9.61 Å². The Bertz CT molecular complexity index is 972. The number of hydrogen-bond donors (Lipinski definition) is 0. The van der Waals surface area contributed by atoms with Crippen molar-refractivity contribution >= 4 is 11.5 Å². The highest BCUT2D eigenvalue weighted by Gasteiger charge is 2.31. The molecule has 1 fully saturated rings. The van der Waals surface area contributed by atoms with E-state index < -0.39 is 0 Å². The molecule has 0 N–H and O–H groups in total. The summed E-state index contributed by atoms with van der Waals surface area (Å²) in [7, 11) is 3.75. The van der Waals surface area contributed by atoms with Crippen LogP contribution in [0.5, 0.6) is 0 Å². The molecule has 0 bridgehead atoms. The van der Waals surface area contributed by atoms with E-state index in [1.807, 2.05) is 19.1 Å². The van der Waals surface area contributed by atoms with Crippen LogP contribution in [-0.2, 0) is 13.6 Å². The van der Waals surface area contributed by atoms with Gasteiger partial charge in [-0.1, -0.05) is 0 Å². The van der Waals surface area contributed by atoms with E-state index >= 15 is 0 Å². The molecule has 1 saturated heterocycles. The SMILES string of the molecule is Cc1nnc2ccc(N3CC(N(C)Cc4ccc(=O)n(C)n4)C3)nn12. The van der Waals surface area contributed by atoms with Crippen molar-refractivity contribution in [1.29, 1.82) is 0 Å². The second-order valence-corrected chi connectivity index (χ2v) is 6.47. The topological polar surface area (TPSA) is 84.5 Å². The van der Waals surface area contributed by atoms with Crippen molar-refractivity contribution in [3.05, 3.63) is 46.1 Å². The Morgan fingerprint density at radius 1 is 1.16 bits per heavy atom. The molecule has 0 spiro atoms. The van der Waals surface area contributed by atoms with Crippen LogP contribution in [0.25, 0.3) is 5.65 Å². The summed E-state index contributed by atoms with van der Waals surface area (Å²) in [6, 6.07) is 7.70. The average Bonchev–Trinajstić information content (AvgIpc) is 2.91. The summed E-state index contributed by atoms with van der Waals surface area (Å²) < 4.78 is 3.14. The summed E-state index contributed by atoms with van der Waals surface area (Å²) in [5, 5.41) is 17.0. The first-order valence-electron chi connectivity index (χ1n) is 8.19. The minimum Gasteiger partial charge on any atom is -0.352 e. The number of nitrogens with zero attached hydrogens (tertiary/aromatic N) is 8. The first-order chi connectivity index (χ1) is 12.0. The van der Waals surface area contributed by atoms with Crippen molar-refractivity contribution in [3.8, 4) is 0 Å². The molecule has 0 amide bonds. The van der Waals surface area contributed by atoms with E-state index in [-0.39, 0.29) is 5.56 Å². The minimum atomic E-state index is -0.0908. The lowest BCUT2D eigenvalue weighted by Gasteiger charge is -2.44. The normalized spacial score (nSPS) is 15.1. The zero-order chi connectivity index (χ0) is 17.6. The molecule has 4 rings (SSSR count). The highest BCUT2D eigenvalue weighted by atomic mass is 16.1. The fourth-order valence-electron chi connectivity index (χ4n) is 3.00. The van der Waals surface area contributed by atoms with Crippen LogP contribution >= 0.6 is 0 Å². The van der Waals surface area contributed by atoms with Crippen molar-refractivity contribution in [3.63, 3.8) is 0 Å². The number of hydrogen-bond acceptors (Lipinski definition) is 7. The van der Waals surface area contributed by atoms with Crippen LogP contribution in [0.1, 0.15) is 11.5 Å². The molecule has 0 aliphatic carbocycles. The van der Waals surface area contributed by atoms with Crippen LogP contribution < -0.4 is 10.5 Å². The van der Waals surface area contributed by atoms with Crippen LogP contribution in [0, 0.1) is 6.92 Å². The van der Waals surface area contributed by atoms with Gasteiger partial charge in [0.1, 0.15) is 5.82 Å². The predicted molar refractivity (Wildman–Crippen MR) is 92.5 cm³/mol. The molecule has 3 aromatic heterocycles. The monoisotopic (exact) mass is 340 g/mol. The third-order valence-electron chi connectivity index (χ3n) is 4.64. The van der Waals surface area contributed by atoms with Crippen LogP contribution in [0.3, 0.4) is 0 Å². The van der Waals surface area contributed by atoms with Crippen molar-refractivity contribution in [2.24, 2.45) is 7.05 Å². The molecule has 0 unspecified atom stereocenters. The molecule has 1 aliphatic heterocycles. The number of likely N-dealkylation sites (N-methyl/N-ethyl adjacent to an activating group) is 1. The van der Waals surface area contributed by atoms with Gasteiger partial charge in [-0.15, -0.1) is 15.3 Å². The predicted octanol–water partition coefficient (Wildman–Crippen LogP) is -0.153. The summed E-state index contributed by atoms with van der Waals surface area (Å²) in [5.41, 5.74) is 1.56. The summed E-state index contributed by atoms with van der Waals surface area (Å²) in [6.45, 7) is 4.41. The van der Waals surface area contributed by atoms with Crippen molar-refractivity contribution in [2.75, 3.05) is 25.0 Å². The third-order valence-corrected chi connectivity index (χ3v) is 4.64. The highest BCUT2D eigenvalue weighted by molar-refractivity contribution is 5.47. The number of anilines is 1. The van der Waals surface area contributed by atoms with Gasteiger partial charge in [-0.05, 0) is 32.2 Å². The van der Waals surface area contributed by atoms with E-state index in [4.69, 9.17) is 0 Å². The maximum Gasteiger partial charge on any atom is 0.266 e. The van der Waals surface area contributed by atoms with Crippen LogP contribution in [-0.4, -0.2) is 60.7 Å². The van der Waals surface area contributed by atoms with E-state index in [9.17, 15) is 4.79 Å². The van der Waals surface area contributed by atoms with Crippen molar-refractivity contribution in [2.45, 2.75) is 19.5 Å². The number of rotatable bonds is 4. The quantitative estimate of drug-likeness (QED) is 0.653. The molecule has 0 saturated carbocycles. The van der Waals surface area contributed by atoms with Crippen molar-refractivity contribution < 1.29 is 0 Å². The smallest absolute Gasteiger partial charge is 0.266 e. The molecule has 3 aromatic rings. The second kappa shape index (κ2) is 5.92. The largest absolute Gasteiger partial charge is 0.352 e. The lowest BCUT2D eigenvalue weighted by molar-refractivity contribution is 0.193. The van der Waals surface area contributed by atoms with Gasteiger partial charge in [-0.3, -0.25) is 9.69 Å². The standard InChI is InChI=1S/C16H20N8O/c1-11-17-18-14-5-6-15(20-24(11)14)23-9-13(10-23)21(2)8-12-4-7-16(25)22(3)19-12/h4-7,13H,8-10H2,1-3H3. The minimum absolute atomic E-state index is 0.0908. The van der Waals surface area contributed by atoms with E-state index in [1.54, 1.807) is 23.7 Å². The average molecular weight is 340 g/mol. The molecule has 130 valence electrons. The van der Waals surface area contributed by atoms with E-state index in [2.05, 4.69) is 37.2 Å². The molecule has 25 heavy (non-hydrogen) atoms. The molecule has 9 heteroatoms. The fourth-order valence-corrected chi connectivity index (χ4v) is 3.00. The van der Waals surface area contributed by atoms with Gasteiger partial charge in [0.15, 0.2) is 11.5 Å². The number of fused-ring (bicyclic) bond motifs is 1. The Balaban J connectivity index is 1.40. The van der Waals surface area contributed by atoms with Gasteiger partial charge in [0.05, 0.1) is 5.69 Å². The van der Waals surface area contributed by atoms with E-state index in [1.165, 1.54) is 4.68 Å². The lowest BCUT2D eigenvalue weighted by atomic mass is 10.1. The number of aromatic nitrogens is 6. The number of aryl methyl sites for hydroxylation is 2. The maximum atomic E-state index is 11.4. The maximum absolute atomic E-state index is 11.4. The Morgan fingerprint density at radius 2 is 1.96 bits per heavy atom. The van der Waals surface area contributed by atoms with E-state index in [0.717, 1.165) is 36.1 Å². The second-order valence-electron chi connectivity index (χ2n) is 6.47. The van der Waals surface area contributed by atoms with Gasteiger partial charge in [0, 0.05) is 38.8 Å². The first-order valence-corrected chi connectivity index (χ1v) is 8.19. The molecule has 1 aliphatic rings. The van der Waals surface area contributed by atoms with E-state index in [0.29, 0.717) is 12.6 Å². The van der Waals surface area contributed by atoms with Crippen LogP contribution in [0.15, 0.2) is 29.1 Å². The molecule has 4 heterocycles. The van der Waals surface area contributed by atoms with Gasteiger partial charge >= 0.3 is 0 Å². The van der Waals surface area contributed by atoms with Gasteiger partial charge in [0.25, 0.3) is 5.56 Å². The van der Waals surface area contributed by atoms with Crippen LogP contribution in [0.2, 0.25) is 0 Å². The Morgan fingerprint density at radius 3 is 2.72 bits per heavy atom. The first kappa shape index (κ1) is 15.7. The molecule has 9 nitrogen and oxygen atoms in total. The Kier molecular flexibility index (Phi) is 3.72. The molecular formula is C16H20N8O. The Hall–Kier alpha value is -2.81. The summed E-state index contributed by atoms with van der Waals surface area (Å²) in [5.74, 6) is 1.71. The molecule has 0 radical (unpaired) electrons. The van der Waals surface area contributed by atoms with Gasteiger partial charge < -0.3 is 4.90 Å². The fraction of sp³-hybridized carbons (Fsp3) is 0.438. The molecule has 0 atom stereocenters. The zero-order valence-electron chi connectivity index (χ0n) is 14.5. The summed E-state index contributed by atoms with van der Waals surface area (Å²) in [4.78, 5) is 15.9. The third kappa shape index (κ3) is 2.86. The zero-order valence-corrected chi connectivity index (χ0v) is 14.5. The van der Waals surface area contributed by atoms with Crippen molar-refractivity contribution in [1.82, 2.24) is 34.5 Å². The molecular weight excluding hydrogens is 320 g/mol.